The summed E-state index contributed by atoms with van der Waals surface area (Å²) in [4.78, 5) is 26.3. The van der Waals surface area contributed by atoms with Crippen LogP contribution in [-0.2, 0) is 26.5 Å². The fourth-order valence-corrected chi connectivity index (χ4v) is 6.89. The van der Waals surface area contributed by atoms with Crippen LogP contribution < -0.4 is 5.32 Å². The van der Waals surface area contributed by atoms with E-state index in [9.17, 15) is 14.7 Å². The first-order valence-corrected chi connectivity index (χ1v) is 11.7. The summed E-state index contributed by atoms with van der Waals surface area (Å²) in [6.07, 6.45) is -0.628. The SMILES string of the molecule is COC(=O)[C@]1(O)CC2O[C@@]1(C)n1c3ccccc3c3c4c(c5c6ccccc6n2c5c31)C(=O)NC4. The smallest absolute Gasteiger partial charge is 0.343 e. The summed E-state index contributed by atoms with van der Waals surface area (Å²) >= 11 is 0. The van der Waals surface area contributed by atoms with E-state index in [4.69, 9.17) is 9.47 Å². The quantitative estimate of drug-likeness (QED) is 0.367. The van der Waals surface area contributed by atoms with Crippen molar-refractivity contribution in [3.63, 3.8) is 0 Å². The Labute approximate surface area is 198 Å². The van der Waals surface area contributed by atoms with Crippen LogP contribution >= 0.6 is 0 Å². The molecule has 3 aliphatic heterocycles. The molecule has 1 unspecified atom stereocenters. The Morgan fingerprint density at radius 3 is 2.51 bits per heavy atom. The van der Waals surface area contributed by atoms with Crippen molar-refractivity contribution in [1.82, 2.24) is 14.5 Å². The molecule has 0 spiro atoms. The van der Waals surface area contributed by atoms with Crippen LogP contribution in [0.4, 0.5) is 0 Å². The van der Waals surface area contributed by atoms with E-state index >= 15 is 0 Å². The lowest BCUT2D eigenvalue weighted by Gasteiger charge is -2.37. The number of methoxy groups -OCH3 is 1. The molecule has 3 atom stereocenters. The van der Waals surface area contributed by atoms with E-state index in [0.717, 1.165) is 49.2 Å². The minimum absolute atomic E-state index is 0.0146. The first-order chi connectivity index (χ1) is 16.9. The molecule has 2 aromatic heterocycles. The average Bonchev–Trinajstić information content (AvgIpc) is 3.55. The first kappa shape index (κ1) is 19.4. The van der Waals surface area contributed by atoms with Crippen molar-refractivity contribution in [2.45, 2.75) is 37.4 Å². The van der Waals surface area contributed by atoms with Gasteiger partial charge in [-0.3, -0.25) is 4.79 Å². The van der Waals surface area contributed by atoms with Gasteiger partial charge in [-0.2, -0.15) is 0 Å². The number of ether oxygens (including phenoxy) is 2. The number of esters is 1. The van der Waals surface area contributed by atoms with Crippen LogP contribution in [0.5, 0.6) is 0 Å². The highest BCUT2D eigenvalue weighted by atomic mass is 16.6. The van der Waals surface area contributed by atoms with Crippen LogP contribution in [0.2, 0.25) is 0 Å². The minimum Gasteiger partial charge on any atom is -0.467 e. The number of nitrogens with zero attached hydrogens (tertiary/aromatic N) is 2. The Bertz CT molecular complexity index is 1830. The van der Waals surface area contributed by atoms with Crippen LogP contribution in [0.25, 0.3) is 43.6 Å². The fourth-order valence-electron chi connectivity index (χ4n) is 6.89. The predicted octanol–water partition coefficient (Wildman–Crippen LogP) is 3.66. The topological polar surface area (TPSA) is 94.7 Å². The number of aromatic nitrogens is 2. The van der Waals surface area contributed by atoms with E-state index in [2.05, 4.69) is 9.88 Å². The summed E-state index contributed by atoms with van der Waals surface area (Å²) in [5, 5.41) is 18.7. The van der Waals surface area contributed by atoms with Gasteiger partial charge in [-0.25, -0.2) is 4.79 Å². The number of fused-ring (bicyclic) bond motifs is 13. The van der Waals surface area contributed by atoms with Gasteiger partial charge in [0, 0.05) is 34.5 Å². The molecular weight excluding hydrogens is 446 g/mol. The summed E-state index contributed by atoms with van der Waals surface area (Å²) in [6.45, 7) is 2.17. The van der Waals surface area contributed by atoms with E-state index in [1.807, 2.05) is 53.1 Å². The lowest BCUT2D eigenvalue weighted by atomic mass is 9.88. The third-order valence-electron chi connectivity index (χ3n) is 8.36. The lowest BCUT2D eigenvalue weighted by Crippen LogP contribution is -2.56. The maximum absolute atomic E-state index is 13.2. The molecule has 8 heteroatoms. The molecule has 1 fully saturated rings. The van der Waals surface area contributed by atoms with Gasteiger partial charge in [-0.05, 0) is 24.6 Å². The molecule has 1 amide bonds. The van der Waals surface area contributed by atoms with E-state index in [1.54, 1.807) is 6.92 Å². The molecule has 5 aromatic rings. The van der Waals surface area contributed by atoms with Crippen LogP contribution in [-0.4, -0.2) is 38.8 Å². The zero-order valence-electron chi connectivity index (χ0n) is 19.1. The van der Waals surface area contributed by atoms with E-state index in [0.29, 0.717) is 12.1 Å². The number of para-hydroxylation sites is 2. The molecule has 0 aliphatic carbocycles. The minimum atomic E-state index is -1.93. The summed E-state index contributed by atoms with van der Waals surface area (Å²) in [5.41, 5.74) is 1.69. The average molecular weight is 467 g/mol. The van der Waals surface area contributed by atoms with Crippen molar-refractivity contribution in [2.75, 3.05) is 7.11 Å². The monoisotopic (exact) mass is 467 g/mol. The third kappa shape index (κ3) is 1.89. The molecule has 5 heterocycles. The van der Waals surface area contributed by atoms with Gasteiger partial charge in [-0.15, -0.1) is 0 Å². The van der Waals surface area contributed by atoms with Gasteiger partial charge in [0.1, 0.15) is 6.23 Å². The Hall–Kier alpha value is -3.88. The molecule has 174 valence electrons. The number of carbonyl (C=O) groups is 2. The normalized spacial score (nSPS) is 26.7. The number of amides is 1. The number of rotatable bonds is 1. The maximum Gasteiger partial charge on any atom is 0.343 e. The zero-order chi connectivity index (χ0) is 23.9. The molecule has 2 N–H and O–H groups in total. The number of aliphatic hydroxyl groups is 1. The van der Waals surface area contributed by atoms with Gasteiger partial charge >= 0.3 is 5.97 Å². The summed E-state index contributed by atoms with van der Waals surface area (Å²) in [7, 11) is 1.28. The summed E-state index contributed by atoms with van der Waals surface area (Å²) in [6, 6.07) is 15.8. The van der Waals surface area contributed by atoms with Crippen LogP contribution in [0.3, 0.4) is 0 Å². The Balaban J connectivity index is 1.73. The number of hydrogen-bond donors (Lipinski definition) is 2. The van der Waals surface area contributed by atoms with Gasteiger partial charge in [-0.1, -0.05) is 36.4 Å². The third-order valence-corrected chi connectivity index (χ3v) is 8.36. The predicted molar refractivity (Wildman–Crippen MR) is 129 cm³/mol. The molecule has 0 radical (unpaired) electrons. The highest BCUT2D eigenvalue weighted by Crippen LogP contribution is 2.57. The fraction of sp³-hybridized carbons (Fsp3) is 0.259. The van der Waals surface area contributed by atoms with Crippen molar-refractivity contribution in [3.05, 3.63) is 59.7 Å². The standard InChI is InChI=1S/C27H21N3O5/c1-26-27(33,25(32)34-2)11-18(35-26)29-16-9-5-3-7-13(16)20-21-15(12-28-24(21)31)19-14-8-4-6-10-17(14)30(26)23(19)22(20)29/h3-10,18,33H,11-12H2,1-2H3,(H,28,31)/t18?,26-,27-/m1/s1. The second-order valence-corrected chi connectivity index (χ2v) is 9.83. The van der Waals surface area contributed by atoms with E-state index in [1.165, 1.54) is 7.11 Å². The van der Waals surface area contributed by atoms with Gasteiger partial charge in [0.05, 0.1) is 34.7 Å². The Morgan fingerprint density at radius 2 is 1.77 bits per heavy atom. The van der Waals surface area contributed by atoms with Crippen LogP contribution in [0.1, 0.15) is 35.5 Å². The van der Waals surface area contributed by atoms with Crippen molar-refractivity contribution >= 4 is 55.5 Å². The van der Waals surface area contributed by atoms with Crippen molar-refractivity contribution in [2.24, 2.45) is 0 Å². The highest BCUT2D eigenvalue weighted by Gasteiger charge is 2.65. The molecule has 3 aromatic carbocycles. The highest BCUT2D eigenvalue weighted by molar-refractivity contribution is 6.31. The number of benzene rings is 3. The van der Waals surface area contributed by atoms with Gasteiger partial charge in [0.25, 0.3) is 5.91 Å². The number of hydrogen-bond acceptors (Lipinski definition) is 5. The van der Waals surface area contributed by atoms with Crippen molar-refractivity contribution in [3.8, 4) is 0 Å². The molecule has 35 heavy (non-hydrogen) atoms. The van der Waals surface area contributed by atoms with Gasteiger partial charge in [0.2, 0.25) is 5.60 Å². The number of carbonyl (C=O) groups excluding carboxylic acids is 2. The van der Waals surface area contributed by atoms with Crippen molar-refractivity contribution in [1.29, 1.82) is 0 Å². The second-order valence-electron chi connectivity index (χ2n) is 9.83. The largest absolute Gasteiger partial charge is 0.467 e. The molecule has 2 bridgehead atoms. The molecule has 1 saturated heterocycles. The van der Waals surface area contributed by atoms with E-state index < -0.39 is 23.5 Å². The summed E-state index contributed by atoms with van der Waals surface area (Å²) < 4.78 is 15.8. The molecule has 8 rings (SSSR count). The van der Waals surface area contributed by atoms with Crippen LogP contribution in [0, 0.1) is 0 Å². The molecule has 8 nitrogen and oxygen atoms in total. The van der Waals surface area contributed by atoms with E-state index in [-0.39, 0.29) is 12.3 Å². The van der Waals surface area contributed by atoms with Gasteiger partial charge in [0.15, 0.2) is 5.72 Å². The second kappa shape index (κ2) is 5.84. The molecule has 3 aliphatic rings. The molecular formula is C27H21N3O5. The molecule has 0 saturated carbocycles. The van der Waals surface area contributed by atoms with Crippen molar-refractivity contribution < 1.29 is 24.2 Å². The van der Waals surface area contributed by atoms with Crippen LogP contribution in [0.15, 0.2) is 48.5 Å². The van der Waals surface area contributed by atoms with Gasteiger partial charge < -0.3 is 29.0 Å². The Morgan fingerprint density at radius 1 is 1.09 bits per heavy atom. The summed E-state index contributed by atoms with van der Waals surface area (Å²) in [5.74, 6) is -0.822. The first-order valence-electron chi connectivity index (χ1n) is 11.7. The Kier molecular flexibility index (Phi) is 3.24. The maximum atomic E-state index is 13.2. The number of nitrogens with one attached hydrogen (secondary N) is 1. The lowest BCUT2D eigenvalue weighted by molar-refractivity contribution is -0.202. The zero-order valence-corrected chi connectivity index (χ0v) is 19.1.